The van der Waals surface area contributed by atoms with Gasteiger partial charge in [0.2, 0.25) is 5.13 Å². The van der Waals surface area contributed by atoms with E-state index in [1.165, 1.54) is 54.0 Å². The number of thiazole rings is 2. The van der Waals surface area contributed by atoms with Crippen molar-refractivity contribution in [1.29, 1.82) is 0 Å². The molecule has 6 rings (SSSR count). The summed E-state index contributed by atoms with van der Waals surface area (Å²) in [7, 11) is 4.42. The van der Waals surface area contributed by atoms with Crippen molar-refractivity contribution < 1.29 is 0 Å². The lowest BCUT2D eigenvalue weighted by Gasteiger charge is -2.40. The summed E-state index contributed by atoms with van der Waals surface area (Å²) in [5.41, 5.74) is 1.19. The first-order valence-corrected chi connectivity index (χ1v) is 12.0. The monoisotopic (exact) mass is 454 g/mol. The smallest absolute Gasteiger partial charge is 0.260 e. The fraction of sp³-hybridized carbons (Fsp3) is 0.450. The van der Waals surface area contributed by atoms with Gasteiger partial charge in [0.15, 0.2) is 14.8 Å². The molecule has 4 aromatic heterocycles. The van der Waals surface area contributed by atoms with Crippen LogP contribution in [0.3, 0.4) is 0 Å². The number of hydrogen-bond donors (Lipinski definition) is 1. The number of nitrogens with zero attached hydrogens (tertiary/aromatic N) is 7. The van der Waals surface area contributed by atoms with E-state index in [-0.39, 0.29) is 5.56 Å². The van der Waals surface area contributed by atoms with Gasteiger partial charge in [-0.05, 0) is 32.7 Å². The van der Waals surface area contributed by atoms with Gasteiger partial charge in [0.1, 0.15) is 6.33 Å². The molecule has 160 valence electrons. The summed E-state index contributed by atoms with van der Waals surface area (Å²) in [6, 6.07) is 3.42. The Bertz CT molecular complexity index is 1250. The molecular weight excluding hydrogens is 432 g/mol. The van der Waals surface area contributed by atoms with Crippen molar-refractivity contribution in [3.63, 3.8) is 0 Å². The molecule has 2 aliphatic heterocycles. The summed E-state index contributed by atoms with van der Waals surface area (Å²) in [5.74, 6) is 0. The summed E-state index contributed by atoms with van der Waals surface area (Å²) < 4.78 is 1.47. The number of nitrogens with one attached hydrogen (secondary N) is 1. The van der Waals surface area contributed by atoms with Gasteiger partial charge in [-0.25, -0.2) is 19.5 Å². The molecule has 2 saturated heterocycles. The van der Waals surface area contributed by atoms with Crippen molar-refractivity contribution in [3.05, 3.63) is 35.1 Å². The number of aromatic amines is 1. The van der Waals surface area contributed by atoms with Crippen LogP contribution in [0.25, 0.3) is 26.0 Å². The Morgan fingerprint density at radius 3 is 2.61 bits per heavy atom. The number of anilines is 1. The number of aromatic nitrogens is 6. The zero-order valence-corrected chi connectivity index (χ0v) is 18.9. The highest BCUT2D eigenvalue weighted by Gasteiger charge is 2.40. The molecule has 31 heavy (non-hydrogen) atoms. The Labute approximate surface area is 186 Å². The van der Waals surface area contributed by atoms with Gasteiger partial charge in [0, 0.05) is 43.0 Å². The van der Waals surface area contributed by atoms with Crippen molar-refractivity contribution in [2.24, 2.45) is 0 Å². The second-order valence-corrected chi connectivity index (χ2v) is 10.3. The lowest BCUT2D eigenvalue weighted by molar-refractivity contribution is 0.161. The normalized spacial score (nSPS) is 23.6. The van der Waals surface area contributed by atoms with E-state index in [4.69, 9.17) is 4.98 Å². The molecule has 6 heterocycles. The predicted octanol–water partition coefficient (Wildman–Crippen LogP) is 2.75. The van der Waals surface area contributed by atoms with Crippen LogP contribution in [0.5, 0.6) is 0 Å². The van der Waals surface area contributed by atoms with Crippen LogP contribution in [0.1, 0.15) is 25.7 Å². The Hall–Kier alpha value is -2.63. The molecule has 0 radical (unpaired) electrons. The number of H-pyrrole nitrogens is 1. The third kappa shape index (κ3) is 3.19. The van der Waals surface area contributed by atoms with Gasteiger partial charge in [-0.1, -0.05) is 22.7 Å². The van der Waals surface area contributed by atoms with Gasteiger partial charge in [0.05, 0.1) is 11.9 Å². The molecule has 2 bridgehead atoms. The molecule has 4 aromatic rings. The minimum atomic E-state index is -0.174. The molecule has 0 amide bonds. The predicted molar refractivity (Wildman–Crippen MR) is 122 cm³/mol. The van der Waals surface area contributed by atoms with Crippen LogP contribution in [0.2, 0.25) is 0 Å². The maximum absolute atomic E-state index is 12.6. The fourth-order valence-corrected chi connectivity index (χ4v) is 6.87. The van der Waals surface area contributed by atoms with E-state index >= 15 is 0 Å². The first-order chi connectivity index (χ1) is 15.1. The number of rotatable bonds is 4. The van der Waals surface area contributed by atoms with Gasteiger partial charge in [0.25, 0.3) is 5.56 Å². The van der Waals surface area contributed by atoms with Crippen LogP contribution in [-0.2, 0) is 0 Å². The van der Waals surface area contributed by atoms with Gasteiger partial charge in [-0.2, -0.15) is 5.10 Å². The van der Waals surface area contributed by atoms with Crippen molar-refractivity contribution in [1.82, 2.24) is 34.6 Å². The third-order valence-electron chi connectivity index (χ3n) is 6.69. The van der Waals surface area contributed by atoms with E-state index in [1.807, 2.05) is 0 Å². The average molecular weight is 455 g/mol. The molecular formula is C20H22N8OS2. The van der Waals surface area contributed by atoms with Crippen LogP contribution in [-0.4, -0.2) is 66.8 Å². The molecule has 2 aliphatic rings. The summed E-state index contributed by atoms with van der Waals surface area (Å²) in [5, 5.41) is 8.24. The lowest BCUT2D eigenvalue weighted by Crippen LogP contribution is -2.47. The minimum absolute atomic E-state index is 0.174. The molecule has 11 heteroatoms. The topological polar surface area (TPSA) is 95.8 Å². The van der Waals surface area contributed by atoms with Crippen LogP contribution in [0.4, 0.5) is 5.13 Å². The summed E-state index contributed by atoms with van der Waals surface area (Å²) in [6.07, 6.45) is 9.89. The number of fused-ring (bicyclic) bond motifs is 3. The van der Waals surface area contributed by atoms with Gasteiger partial charge in [-0.3, -0.25) is 9.89 Å². The average Bonchev–Trinajstić information content (AvgIpc) is 3.51. The fourth-order valence-electron chi connectivity index (χ4n) is 4.82. The zero-order valence-electron chi connectivity index (χ0n) is 17.2. The van der Waals surface area contributed by atoms with E-state index in [0.717, 1.165) is 20.4 Å². The Balaban J connectivity index is 1.25. The van der Waals surface area contributed by atoms with E-state index in [2.05, 4.69) is 44.1 Å². The molecule has 0 spiro atoms. The quantitative estimate of drug-likeness (QED) is 0.506. The van der Waals surface area contributed by atoms with E-state index in [1.54, 1.807) is 23.7 Å². The summed E-state index contributed by atoms with van der Waals surface area (Å²) in [6.45, 7) is 0. The standard InChI is InChI=1S/C20H22N8OS2/c1-26-12-3-4-13(26)6-14(5-12)27(2)19-24-17-18(30-19)25-20(31-17)28-10-21-15(7-16(28)29)11-8-22-23-9-11/h7-10,12-14H,3-6H2,1-2H3,(H,22,23)/t12-,13+,14?. The molecule has 2 fully saturated rings. The van der Waals surface area contributed by atoms with E-state index in [9.17, 15) is 4.79 Å². The highest BCUT2D eigenvalue weighted by molar-refractivity contribution is 7.29. The van der Waals surface area contributed by atoms with Crippen molar-refractivity contribution in [2.45, 2.75) is 43.8 Å². The molecule has 9 nitrogen and oxygen atoms in total. The second-order valence-electron chi connectivity index (χ2n) is 8.36. The summed E-state index contributed by atoms with van der Waals surface area (Å²) >= 11 is 3.02. The maximum Gasteiger partial charge on any atom is 0.260 e. The molecule has 1 unspecified atom stereocenters. The van der Waals surface area contributed by atoms with Crippen molar-refractivity contribution >= 4 is 37.5 Å². The van der Waals surface area contributed by atoms with E-state index < -0.39 is 0 Å². The summed E-state index contributed by atoms with van der Waals surface area (Å²) in [4.78, 5) is 33.2. The van der Waals surface area contributed by atoms with Crippen LogP contribution in [0.15, 0.2) is 29.6 Å². The highest BCUT2D eigenvalue weighted by atomic mass is 32.1. The van der Waals surface area contributed by atoms with Gasteiger partial charge in [-0.15, -0.1) is 0 Å². The first-order valence-electron chi connectivity index (χ1n) is 10.4. The Morgan fingerprint density at radius 1 is 1.16 bits per heavy atom. The minimum Gasteiger partial charge on any atom is -0.348 e. The van der Waals surface area contributed by atoms with Crippen molar-refractivity contribution in [3.8, 4) is 16.4 Å². The Kier molecular flexibility index (Phi) is 4.44. The lowest BCUT2D eigenvalue weighted by atomic mass is 9.97. The number of piperidine rings is 1. The van der Waals surface area contributed by atoms with Gasteiger partial charge >= 0.3 is 0 Å². The van der Waals surface area contributed by atoms with E-state index in [0.29, 0.717) is 29.0 Å². The van der Waals surface area contributed by atoms with Crippen molar-refractivity contribution in [2.75, 3.05) is 19.0 Å². The second kappa shape index (κ2) is 7.21. The van der Waals surface area contributed by atoms with Crippen LogP contribution in [0, 0.1) is 0 Å². The molecule has 1 N–H and O–H groups in total. The zero-order chi connectivity index (χ0) is 21.1. The Morgan fingerprint density at radius 2 is 1.94 bits per heavy atom. The molecule has 3 atom stereocenters. The highest BCUT2D eigenvalue weighted by Crippen LogP contribution is 2.39. The largest absolute Gasteiger partial charge is 0.348 e. The SMILES string of the molecule is CN(c1nc2sc(-n3cnc(-c4cn[nH]c4)cc3=O)nc2s1)C1C[C@H]2CC[C@@H](C1)N2C. The maximum atomic E-state index is 12.6. The molecule has 0 aliphatic carbocycles. The first kappa shape index (κ1) is 19.1. The molecule has 0 saturated carbocycles. The van der Waals surface area contributed by atoms with Crippen LogP contribution < -0.4 is 10.5 Å². The van der Waals surface area contributed by atoms with Gasteiger partial charge < -0.3 is 9.80 Å². The molecule has 0 aromatic carbocycles. The third-order valence-corrected chi connectivity index (χ3v) is 8.80. The van der Waals surface area contributed by atoms with Crippen LogP contribution >= 0.6 is 22.7 Å². The number of hydrogen-bond acceptors (Lipinski definition) is 9.